The fourth-order valence-corrected chi connectivity index (χ4v) is 1.91. The van der Waals surface area contributed by atoms with Gasteiger partial charge in [0.1, 0.15) is 0 Å². The van der Waals surface area contributed by atoms with E-state index in [4.69, 9.17) is 4.74 Å². The van der Waals surface area contributed by atoms with Crippen molar-refractivity contribution in [1.29, 1.82) is 0 Å². The Morgan fingerprint density at radius 3 is 2.57 bits per heavy atom. The summed E-state index contributed by atoms with van der Waals surface area (Å²) in [5.41, 5.74) is 0. The molecule has 0 heterocycles. The van der Waals surface area contributed by atoms with Crippen LogP contribution in [0.4, 0.5) is 0 Å². The minimum Gasteiger partial charge on any atom is -0.377 e. The maximum atomic E-state index is 5.81. The summed E-state index contributed by atoms with van der Waals surface area (Å²) in [6, 6.07) is 0. The molecule has 1 saturated carbocycles. The summed E-state index contributed by atoms with van der Waals surface area (Å²) in [4.78, 5) is 0. The van der Waals surface area contributed by atoms with Crippen LogP contribution in [0.25, 0.3) is 0 Å². The van der Waals surface area contributed by atoms with E-state index in [1.165, 1.54) is 38.5 Å². The zero-order chi connectivity index (χ0) is 10.1. The third-order valence-corrected chi connectivity index (χ3v) is 2.72. The fraction of sp³-hybridized carbons (Fsp3) is 0.833. The van der Waals surface area contributed by atoms with Gasteiger partial charge in [0.05, 0.1) is 12.7 Å². The van der Waals surface area contributed by atoms with E-state index in [2.05, 4.69) is 11.9 Å². The molecule has 2 heteroatoms. The molecule has 0 aromatic heterocycles. The highest BCUT2D eigenvalue weighted by molar-refractivity contribution is 4.69. The Hall–Kier alpha value is -0.340. The lowest BCUT2D eigenvalue weighted by atomic mass is 10.1. The molecule has 0 unspecified atom stereocenters. The van der Waals surface area contributed by atoms with Crippen molar-refractivity contribution in [2.75, 3.05) is 19.7 Å². The highest BCUT2D eigenvalue weighted by Crippen LogP contribution is 2.19. The molecule has 14 heavy (non-hydrogen) atoms. The molecule has 0 amide bonds. The molecule has 0 aromatic carbocycles. The first kappa shape index (κ1) is 11.7. The minimum absolute atomic E-state index is 0.531. The van der Waals surface area contributed by atoms with Crippen LogP contribution in [0, 0.1) is 0 Å². The van der Waals surface area contributed by atoms with Gasteiger partial charge in [-0.2, -0.15) is 0 Å². The Morgan fingerprint density at radius 1 is 1.21 bits per heavy atom. The van der Waals surface area contributed by atoms with Gasteiger partial charge >= 0.3 is 0 Å². The lowest BCUT2D eigenvalue weighted by molar-refractivity contribution is 0.0455. The minimum atomic E-state index is 0.531. The number of hydrogen-bond donors (Lipinski definition) is 1. The molecule has 1 aliphatic carbocycles. The van der Waals surface area contributed by atoms with Gasteiger partial charge in [0.15, 0.2) is 0 Å². The van der Waals surface area contributed by atoms with Gasteiger partial charge in [-0.1, -0.05) is 31.8 Å². The summed E-state index contributed by atoms with van der Waals surface area (Å²) in [6.07, 6.45) is 10.4. The molecule has 82 valence electrons. The van der Waals surface area contributed by atoms with Gasteiger partial charge in [-0.25, -0.2) is 0 Å². The first-order valence-electron chi connectivity index (χ1n) is 5.86. The summed E-state index contributed by atoms with van der Waals surface area (Å²) in [6.45, 7) is 6.33. The van der Waals surface area contributed by atoms with Gasteiger partial charge in [0.2, 0.25) is 0 Å². The highest BCUT2D eigenvalue weighted by atomic mass is 16.5. The van der Waals surface area contributed by atoms with E-state index in [0.717, 1.165) is 19.7 Å². The average molecular weight is 197 g/mol. The molecule has 0 radical (unpaired) electrons. The molecule has 1 rings (SSSR count). The highest BCUT2D eigenvalue weighted by Gasteiger charge is 2.11. The molecule has 1 N–H and O–H groups in total. The third-order valence-electron chi connectivity index (χ3n) is 2.72. The fourth-order valence-electron chi connectivity index (χ4n) is 1.91. The van der Waals surface area contributed by atoms with Crippen molar-refractivity contribution in [3.8, 4) is 0 Å². The van der Waals surface area contributed by atoms with Crippen LogP contribution in [-0.2, 0) is 4.74 Å². The Labute approximate surface area is 87.7 Å². The first-order valence-corrected chi connectivity index (χ1v) is 5.86. The summed E-state index contributed by atoms with van der Waals surface area (Å²) >= 11 is 0. The quantitative estimate of drug-likeness (QED) is 0.401. The first-order chi connectivity index (χ1) is 6.93. The van der Waals surface area contributed by atoms with Crippen LogP contribution in [0.3, 0.4) is 0 Å². The van der Waals surface area contributed by atoms with E-state index in [9.17, 15) is 0 Å². The molecule has 0 atom stereocenters. The van der Waals surface area contributed by atoms with Crippen LogP contribution in [0.5, 0.6) is 0 Å². The van der Waals surface area contributed by atoms with Crippen molar-refractivity contribution in [2.45, 2.75) is 44.6 Å². The molecule has 1 aliphatic rings. The maximum Gasteiger partial charge on any atom is 0.0594 e. The molecule has 0 bridgehead atoms. The van der Waals surface area contributed by atoms with Crippen molar-refractivity contribution < 1.29 is 4.74 Å². The smallest absolute Gasteiger partial charge is 0.0594 e. The second kappa shape index (κ2) is 8.01. The molecular formula is C12H23NO. The molecule has 2 nitrogen and oxygen atoms in total. The van der Waals surface area contributed by atoms with E-state index in [-0.39, 0.29) is 0 Å². The Balaban J connectivity index is 1.96. The van der Waals surface area contributed by atoms with E-state index in [1.807, 2.05) is 6.08 Å². The van der Waals surface area contributed by atoms with Crippen LogP contribution in [0.2, 0.25) is 0 Å². The van der Waals surface area contributed by atoms with Gasteiger partial charge in [-0.3, -0.25) is 0 Å². The summed E-state index contributed by atoms with van der Waals surface area (Å²) in [7, 11) is 0. The van der Waals surface area contributed by atoms with Crippen molar-refractivity contribution in [3.63, 3.8) is 0 Å². The normalized spacial score (nSPS) is 19.1. The van der Waals surface area contributed by atoms with Crippen LogP contribution in [-0.4, -0.2) is 25.8 Å². The summed E-state index contributed by atoms with van der Waals surface area (Å²) < 4.78 is 5.81. The van der Waals surface area contributed by atoms with Crippen LogP contribution >= 0.6 is 0 Å². The molecule has 0 aliphatic heterocycles. The molecule has 0 aromatic rings. The Morgan fingerprint density at radius 2 is 1.93 bits per heavy atom. The molecule has 1 fully saturated rings. The van der Waals surface area contributed by atoms with Gasteiger partial charge in [0.25, 0.3) is 0 Å². The predicted molar refractivity (Wildman–Crippen MR) is 60.5 cm³/mol. The van der Waals surface area contributed by atoms with Crippen LogP contribution in [0.1, 0.15) is 38.5 Å². The second-order valence-electron chi connectivity index (χ2n) is 3.98. The number of hydrogen-bond acceptors (Lipinski definition) is 2. The van der Waals surface area contributed by atoms with E-state index < -0.39 is 0 Å². The standard InChI is InChI=1S/C12H23NO/c1-2-9-13-10-11-14-12-7-5-3-4-6-8-12/h2,12-13H,1,3-11H2. The van der Waals surface area contributed by atoms with Crippen LogP contribution in [0.15, 0.2) is 12.7 Å². The number of rotatable bonds is 6. The maximum absolute atomic E-state index is 5.81. The van der Waals surface area contributed by atoms with Crippen molar-refractivity contribution in [1.82, 2.24) is 5.32 Å². The number of nitrogens with one attached hydrogen (secondary N) is 1. The number of ether oxygens (including phenoxy) is 1. The Bertz CT molecular complexity index is 139. The SMILES string of the molecule is C=CCNCCOC1CCCCCC1. The lowest BCUT2D eigenvalue weighted by Gasteiger charge is -2.15. The van der Waals surface area contributed by atoms with Gasteiger partial charge in [-0.05, 0) is 12.8 Å². The van der Waals surface area contributed by atoms with Crippen molar-refractivity contribution in [3.05, 3.63) is 12.7 Å². The summed E-state index contributed by atoms with van der Waals surface area (Å²) in [5.74, 6) is 0. The monoisotopic (exact) mass is 197 g/mol. The predicted octanol–water partition coefficient (Wildman–Crippen LogP) is 2.50. The zero-order valence-electron chi connectivity index (χ0n) is 9.13. The molecule has 0 saturated heterocycles. The van der Waals surface area contributed by atoms with Crippen molar-refractivity contribution >= 4 is 0 Å². The third kappa shape index (κ3) is 5.40. The second-order valence-corrected chi connectivity index (χ2v) is 3.98. The largest absolute Gasteiger partial charge is 0.377 e. The van der Waals surface area contributed by atoms with E-state index in [1.54, 1.807) is 0 Å². The van der Waals surface area contributed by atoms with E-state index in [0.29, 0.717) is 6.10 Å². The lowest BCUT2D eigenvalue weighted by Crippen LogP contribution is -2.23. The average Bonchev–Trinajstić information content (AvgIpc) is 2.46. The summed E-state index contributed by atoms with van der Waals surface area (Å²) in [5, 5.41) is 3.25. The van der Waals surface area contributed by atoms with Crippen molar-refractivity contribution in [2.24, 2.45) is 0 Å². The Kier molecular flexibility index (Phi) is 6.71. The van der Waals surface area contributed by atoms with E-state index >= 15 is 0 Å². The van der Waals surface area contributed by atoms with Gasteiger partial charge in [-0.15, -0.1) is 6.58 Å². The zero-order valence-corrected chi connectivity index (χ0v) is 9.13. The van der Waals surface area contributed by atoms with Gasteiger partial charge in [0, 0.05) is 13.1 Å². The molecular weight excluding hydrogens is 174 g/mol. The topological polar surface area (TPSA) is 21.3 Å². The molecule has 0 spiro atoms. The van der Waals surface area contributed by atoms with Crippen LogP contribution < -0.4 is 5.32 Å². The van der Waals surface area contributed by atoms with Gasteiger partial charge < -0.3 is 10.1 Å².